The second-order valence-electron chi connectivity index (χ2n) is 8.50. The van der Waals surface area contributed by atoms with Crippen LogP contribution in [-0.4, -0.2) is 25.0 Å². The lowest BCUT2D eigenvalue weighted by Gasteiger charge is -2.30. The Morgan fingerprint density at radius 3 is 2.40 bits per heavy atom. The predicted octanol–water partition coefficient (Wildman–Crippen LogP) is 6.01. The van der Waals surface area contributed by atoms with Crippen molar-refractivity contribution in [1.82, 2.24) is 0 Å². The van der Waals surface area contributed by atoms with Gasteiger partial charge >= 0.3 is 5.97 Å². The Kier molecular flexibility index (Phi) is 9.85. The average Bonchev–Trinajstić information content (AvgIpc) is 2.73. The van der Waals surface area contributed by atoms with E-state index in [1.807, 2.05) is 24.3 Å². The van der Waals surface area contributed by atoms with Gasteiger partial charge in [-0.3, -0.25) is 4.79 Å². The van der Waals surface area contributed by atoms with E-state index in [4.69, 9.17) is 9.47 Å². The average molecular weight is 413 g/mol. The molecule has 0 amide bonds. The molecule has 0 aromatic heterocycles. The molecule has 1 aromatic rings. The van der Waals surface area contributed by atoms with Gasteiger partial charge in [0.15, 0.2) is 5.78 Å². The fraction of sp³-hybridized carbons (Fsp3) is 0.538. The van der Waals surface area contributed by atoms with E-state index in [2.05, 4.69) is 33.4 Å². The lowest BCUT2D eigenvalue weighted by Crippen LogP contribution is -2.30. The Bertz CT molecular complexity index is 730. The van der Waals surface area contributed by atoms with Crippen LogP contribution in [0.15, 0.2) is 42.5 Å². The molecule has 1 aliphatic rings. The summed E-state index contributed by atoms with van der Waals surface area (Å²) in [6, 6.07) is 7.99. The number of rotatable bonds is 11. The number of carbonyl (C=O) groups is 2. The molecular formula is C26H36O4. The van der Waals surface area contributed by atoms with E-state index in [1.165, 1.54) is 6.08 Å². The van der Waals surface area contributed by atoms with Gasteiger partial charge in [0.1, 0.15) is 5.75 Å². The summed E-state index contributed by atoms with van der Waals surface area (Å²) in [5.41, 5.74) is 2.02. The highest BCUT2D eigenvalue weighted by atomic mass is 16.5. The van der Waals surface area contributed by atoms with E-state index in [-0.39, 0.29) is 11.9 Å². The topological polar surface area (TPSA) is 52.6 Å². The maximum absolute atomic E-state index is 12.8. The normalized spacial score (nSPS) is 20.4. The van der Waals surface area contributed by atoms with E-state index < -0.39 is 0 Å². The maximum atomic E-state index is 12.8. The van der Waals surface area contributed by atoms with Gasteiger partial charge in [0.05, 0.1) is 13.2 Å². The SMILES string of the molecule is C=CC(=O)OCCCCCCOc1ccc(/C=C2/C(=O)C(C(C)C)CCC2C)cc1. The number of ether oxygens (including phenoxy) is 2. The summed E-state index contributed by atoms with van der Waals surface area (Å²) >= 11 is 0. The minimum Gasteiger partial charge on any atom is -0.494 e. The van der Waals surface area contributed by atoms with Crippen LogP contribution in [0.1, 0.15) is 64.9 Å². The van der Waals surface area contributed by atoms with Gasteiger partial charge in [0.2, 0.25) is 0 Å². The van der Waals surface area contributed by atoms with Gasteiger partial charge in [-0.1, -0.05) is 39.5 Å². The van der Waals surface area contributed by atoms with E-state index in [1.54, 1.807) is 0 Å². The molecule has 0 N–H and O–H groups in total. The number of unbranched alkanes of at least 4 members (excludes halogenated alkanes) is 3. The number of benzene rings is 1. The first-order valence-electron chi connectivity index (χ1n) is 11.2. The summed E-state index contributed by atoms with van der Waals surface area (Å²) in [7, 11) is 0. The first kappa shape index (κ1) is 23.9. The Morgan fingerprint density at radius 2 is 1.77 bits per heavy atom. The van der Waals surface area contributed by atoms with Crippen molar-refractivity contribution in [3.63, 3.8) is 0 Å². The first-order chi connectivity index (χ1) is 14.4. The Labute approximate surface area is 181 Å². The van der Waals surface area contributed by atoms with Crippen LogP contribution >= 0.6 is 0 Å². The van der Waals surface area contributed by atoms with Gasteiger partial charge in [0, 0.05) is 12.0 Å². The number of allylic oxidation sites excluding steroid dienone is 1. The molecule has 1 fully saturated rings. The predicted molar refractivity (Wildman–Crippen MR) is 121 cm³/mol. The lowest BCUT2D eigenvalue weighted by molar-refractivity contribution is -0.137. The van der Waals surface area contributed by atoms with Crippen LogP contribution in [0.5, 0.6) is 5.75 Å². The van der Waals surface area contributed by atoms with E-state index in [0.29, 0.717) is 30.8 Å². The minimum absolute atomic E-state index is 0.157. The van der Waals surface area contributed by atoms with Crippen LogP contribution in [-0.2, 0) is 14.3 Å². The monoisotopic (exact) mass is 412 g/mol. The van der Waals surface area contributed by atoms with Crippen molar-refractivity contribution in [2.75, 3.05) is 13.2 Å². The molecule has 0 heterocycles. The second kappa shape index (κ2) is 12.4. The van der Waals surface area contributed by atoms with Crippen molar-refractivity contribution in [3.8, 4) is 5.75 Å². The fourth-order valence-corrected chi connectivity index (χ4v) is 3.84. The van der Waals surface area contributed by atoms with Gasteiger partial charge in [-0.2, -0.15) is 0 Å². The van der Waals surface area contributed by atoms with Crippen molar-refractivity contribution in [1.29, 1.82) is 0 Å². The number of esters is 1. The number of carbonyl (C=O) groups excluding carboxylic acids is 2. The van der Waals surface area contributed by atoms with Crippen LogP contribution in [0, 0.1) is 17.8 Å². The molecule has 2 rings (SSSR count). The van der Waals surface area contributed by atoms with E-state index >= 15 is 0 Å². The van der Waals surface area contributed by atoms with Crippen molar-refractivity contribution >= 4 is 17.8 Å². The molecule has 164 valence electrons. The zero-order chi connectivity index (χ0) is 21.9. The number of hydrogen-bond acceptors (Lipinski definition) is 4. The Hall–Kier alpha value is -2.36. The van der Waals surface area contributed by atoms with Crippen LogP contribution in [0.25, 0.3) is 6.08 Å². The van der Waals surface area contributed by atoms with Crippen molar-refractivity contribution < 1.29 is 19.1 Å². The third-order valence-electron chi connectivity index (χ3n) is 5.79. The molecule has 2 unspecified atom stereocenters. The minimum atomic E-state index is -0.362. The molecule has 2 atom stereocenters. The van der Waals surface area contributed by atoms with Gasteiger partial charge in [0.25, 0.3) is 0 Å². The molecule has 4 heteroatoms. The summed E-state index contributed by atoms with van der Waals surface area (Å²) in [5.74, 6) is 1.68. The highest BCUT2D eigenvalue weighted by Gasteiger charge is 2.32. The highest BCUT2D eigenvalue weighted by Crippen LogP contribution is 2.35. The second-order valence-corrected chi connectivity index (χ2v) is 8.50. The maximum Gasteiger partial charge on any atom is 0.330 e. The smallest absolute Gasteiger partial charge is 0.330 e. The standard InChI is InChI=1S/C26H36O4/c1-5-25(27)30-17-9-7-6-8-16-29-22-13-11-21(12-14-22)18-24-20(4)10-15-23(19(2)3)26(24)28/h5,11-14,18-20,23H,1,6-10,15-17H2,2-4H3/b24-18+. The molecule has 1 aliphatic carbocycles. The van der Waals surface area contributed by atoms with Crippen molar-refractivity contribution in [2.24, 2.45) is 17.8 Å². The van der Waals surface area contributed by atoms with Crippen LogP contribution in [0.3, 0.4) is 0 Å². The first-order valence-corrected chi connectivity index (χ1v) is 11.2. The number of Topliss-reactive ketones (excluding diaryl/α,β-unsaturated/α-hetero) is 1. The van der Waals surface area contributed by atoms with Crippen molar-refractivity contribution in [2.45, 2.75) is 59.3 Å². The van der Waals surface area contributed by atoms with Gasteiger partial charge < -0.3 is 9.47 Å². The van der Waals surface area contributed by atoms with Gasteiger partial charge in [-0.25, -0.2) is 4.79 Å². The highest BCUT2D eigenvalue weighted by molar-refractivity contribution is 6.02. The number of ketones is 1. The summed E-state index contributed by atoms with van der Waals surface area (Å²) in [5, 5.41) is 0. The largest absolute Gasteiger partial charge is 0.494 e. The van der Waals surface area contributed by atoms with Gasteiger partial charge in [-0.05, 0) is 79.7 Å². The molecule has 0 spiro atoms. The van der Waals surface area contributed by atoms with Crippen molar-refractivity contribution in [3.05, 3.63) is 48.1 Å². The van der Waals surface area contributed by atoms with Gasteiger partial charge in [-0.15, -0.1) is 0 Å². The number of hydrogen-bond donors (Lipinski definition) is 0. The summed E-state index contributed by atoms with van der Waals surface area (Å²) in [6.45, 7) is 10.9. The van der Waals surface area contributed by atoms with E-state index in [9.17, 15) is 9.59 Å². The molecule has 1 aromatic carbocycles. The van der Waals surface area contributed by atoms with Crippen LogP contribution in [0.4, 0.5) is 0 Å². The molecule has 0 bridgehead atoms. The fourth-order valence-electron chi connectivity index (χ4n) is 3.84. The lowest BCUT2D eigenvalue weighted by atomic mass is 9.73. The summed E-state index contributed by atoms with van der Waals surface area (Å²) in [4.78, 5) is 23.8. The Morgan fingerprint density at radius 1 is 1.10 bits per heavy atom. The molecule has 0 radical (unpaired) electrons. The molecular weight excluding hydrogens is 376 g/mol. The molecule has 1 saturated carbocycles. The quantitative estimate of drug-likeness (QED) is 0.254. The molecule has 0 aliphatic heterocycles. The third kappa shape index (κ3) is 7.47. The van der Waals surface area contributed by atoms with E-state index in [0.717, 1.165) is 55.4 Å². The summed E-state index contributed by atoms with van der Waals surface area (Å²) in [6.07, 6.45) is 9.19. The van der Waals surface area contributed by atoms with Crippen LogP contribution < -0.4 is 4.74 Å². The molecule has 30 heavy (non-hydrogen) atoms. The Balaban J connectivity index is 1.75. The summed E-state index contributed by atoms with van der Waals surface area (Å²) < 4.78 is 10.8. The zero-order valence-electron chi connectivity index (χ0n) is 18.7. The molecule has 0 saturated heterocycles. The van der Waals surface area contributed by atoms with Crippen LogP contribution in [0.2, 0.25) is 0 Å². The third-order valence-corrected chi connectivity index (χ3v) is 5.79. The zero-order valence-corrected chi connectivity index (χ0v) is 18.7. The molecule has 4 nitrogen and oxygen atoms in total.